The topological polar surface area (TPSA) is 69.2 Å². The van der Waals surface area contributed by atoms with E-state index in [9.17, 15) is 10.1 Å². The standard InChI is InChI=1S/C12H18N2O2/c1-4-8-7-9(5-2)12(14(15)16)10(6-3)11(8)13/h7H,4-6,13H2,1-3H3. The molecule has 1 aromatic rings. The summed E-state index contributed by atoms with van der Waals surface area (Å²) in [6, 6.07) is 1.87. The van der Waals surface area contributed by atoms with Gasteiger partial charge in [0.1, 0.15) is 0 Å². The largest absolute Gasteiger partial charge is 0.398 e. The molecule has 88 valence electrons. The fraction of sp³-hybridized carbons (Fsp3) is 0.500. The third-order valence-electron chi connectivity index (χ3n) is 2.91. The van der Waals surface area contributed by atoms with Crippen LogP contribution < -0.4 is 5.73 Å². The third-order valence-corrected chi connectivity index (χ3v) is 2.91. The summed E-state index contributed by atoms with van der Waals surface area (Å²) < 4.78 is 0. The molecule has 0 saturated heterocycles. The lowest BCUT2D eigenvalue weighted by Crippen LogP contribution is -2.06. The predicted molar refractivity (Wildman–Crippen MR) is 65.6 cm³/mol. The summed E-state index contributed by atoms with van der Waals surface area (Å²) in [6.07, 6.45) is 2.07. The highest BCUT2D eigenvalue weighted by atomic mass is 16.6. The Morgan fingerprint density at radius 1 is 1.19 bits per heavy atom. The Balaban J connectivity index is 3.57. The molecule has 0 aliphatic rings. The Hall–Kier alpha value is -1.58. The number of nitrogens with zero attached hydrogens (tertiary/aromatic N) is 1. The van der Waals surface area contributed by atoms with Gasteiger partial charge in [-0.05, 0) is 30.9 Å². The number of nitro benzene ring substituents is 1. The summed E-state index contributed by atoms with van der Waals surface area (Å²) in [5.41, 5.74) is 9.24. The lowest BCUT2D eigenvalue weighted by atomic mass is 9.96. The van der Waals surface area contributed by atoms with E-state index in [4.69, 9.17) is 5.73 Å². The molecular formula is C12H18N2O2. The Bertz CT molecular complexity index is 414. The van der Waals surface area contributed by atoms with Crippen molar-refractivity contribution in [2.75, 3.05) is 5.73 Å². The number of hydrogen-bond acceptors (Lipinski definition) is 3. The van der Waals surface area contributed by atoms with Crippen molar-refractivity contribution in [2.24, 2.45) is 0 Å². The molecule has 1 rings (SSSR count). The first-order valence-electron chi connectivity index (χ1n) is 5.64. The predicted octanol–water partition coefficient (Wildman–Crippen LogP) is 2.86. The van der Waals surface area contributed by atoms with Crippen LogP contribution in [0.25, 0.3) is 0 Å². The first-order valence-corrected chi connectivity index (χ1v) is 5.64. The minimum Gasteiger partial charge on any atom is -0.398 e. The first-order chi connectivity index (χ1) is 7.56. The molecule has 2 N–H and O–H groups in total. The Kier molecular flexibility index (Phi) is 3.88. The van der Waals surface area contributed by atoms with Crippen LogP contribution in [0, 0.1) is 10.1 Å². The molecule has 1 aromatic carbocycles. The number of anilines is 1. The van der Waals surface area contributed by atoms with Crippen LogP contribution in [-0.4, -0.2) is 4.92 Å². The maximum absolute atomic E-state index is 11.1. The summed E-state index contributed by atoms with van der Waals surface area (Å²) in [4.78, 5) is 10.8. The average Bonchev–Trinajstić information content (AvgIpc) is 2.27. The molecule has 0 aliphatic heterocycles. The van der Waals surface area contributed by atoms with Crippen LogP contribution in [0.4, 0.5) is 11.4 Å². The van der Waals surface area contributed by atoms with Crippen LogP contribution >= 0.6 is 0 Å². The van der Waals surface area contributed by atoms with Gasteiger partial charge in [0.05, 0.1) is 10.5 Å². The van der Waals surface area contributed by atoms with Crippen molar-refractivity contribution in [3.63, 3.8) is 0 Å². The molecular weight excluding hydrogens is 204 g/mol. The molecule has 0 saturated carbocycles. The van der Waals surface area contributed by atoms with Crippen LogP contribution in [0.5, 0.6) is 0 Å². The van der Waals surface area contributed by atoms with Gasteiger partial charge in [-0.3, -0.25) is 10.1 Å². The van der Waals surface area contributed by atoms with E-state index in [0.29, 0.717) is 24.1 Å². The zero-order chi connectivity index (χ0) is 12.3. The molecule has 4 heteroatoms. The minimum atomic E-state index is -0.312. The van der Waals surface area contributed by atoms with Gasteiger partial charge in [-0.15, -0.1) is 0 Å². The molecule has 0 aromatic heterocycles. The van der Waals surface area contributed by atoms with Gasteiger partial charge in [0.25, 0.3) is 5.69 Å². The molecule has 0 bridgehead atoms. The van der Waals surface area contributed by atoms with Gasteiger partial charge in [0.15, 0.2) is 0 Å². The van der Waals surface area contributed by atoms with Crippen molar-refractivity contribution < 1.29 is 4.92 Å². The second-order valence-corrected chi connectivity index (χ2v) is 3.75. The highest BCUT2D eigenvalue weighted by Crippen LogP contribution is 2.33. The van der Waals surface area contributed by atoms with Crippen molar-refractivity contribution in [3.8, 4) is 0 Å². The number of hydrogen-bond donors (Lipinski definition) is 1. The molecule has 16 heavy (non-hydrogen) atoms. The van der Waals surface area contributed by atoms with Gasteiger partial charge in [0, 0.05) is 11.3 Å². The second-order valence-electron chi connectivity index (χ2n) is 3.75. The maximum atomic E-state index is 11.1. The molecule has 4 nitrogen and oxygen atoms in total. The summed E-state index contributed by atoms with van der Waals surface area (Å²) >= 11 is 0. The Morgan fingerprint density at radius 2 is 1.75 bits per heavy atom. The highest BCUT2D eigenvalue weighted by Gasteiger charge is 2.22. The molecule has 0 fully saturated rings. The summed E-state index contributed by atoms with van der Waals surface area (Å²) in [7, 11) is 0. The van der Waals surface area contributed by atoms with Gasteiger partial charge in [-0.1, -0.05) is 20.8 Å². The van der Waals surface area contributed by atoms with Gasteiger partial charge in [-0.25, -0.2) is 0 Å². The van der Waals surface area contributed by atoms with Crippen LogP contribution in [0.2, 0.25) is 0 Å². The van der Waals surface area contributed by atoms with Crippen molar-refractivity contribution in [1.82, 2.24) is 0 Å². The fourth-order valence-electron chi connectivity index (χ4n) is 2.02. The molecule has 0 heterocycles. The Morgan fingerprint density at radius 3 is 2.12 bits per heavy atom. The van der Waals surface area contributed by atoms with E-state index in [1.54, 1.807) is 0 Å². The average molecular weight is 222 g/mol. The highest BCUT2D eigenvalue weighted by molar-refractivity contribution is 5.66. The Labute approximate surface area is 95.6 Å². The molecule has 0 amide bonds. The molecule has 0 atom stereocenters. The van der Waals surface area contributed by atoms with E-state index in [1.807, 2.05) is 26.8 Å². The number of benzene rings is 1. The zero-order valence-electron chi connectivity index (χ0n) is 10.0. The normalized spacial score (nSPS) is 10.4. The zero-order valence-corrected chi connectivity index (χ0v) is 10.0. The molecule has 0 aliphatic carbocycles. The maximum Gasteiger partial charge on any atom is 0.277 e. The lowest BCUT2D eigenvalue weighted by molar-refractivity contribution is -0.386. The monoisotopic (exact) mass is 222 g/mol. The lowest BCUT2D eigenvalue weighted by Gasteiger charge is -2.12. The van der Waals surface area contributed by atoms with Crippen LogP contribution in [-0.2, 0) is 19.3 Å². The van der Waals surface area contributed by atoms with E-state index >= 15 is 0 Å². The van der Waals surface area contributed by atoms with Gasteiger partial charge >= 0.3 is 0 Å². The van der Waals surface area contributed by atoms with Gasteiger partial charge in [-0.2, -0.15) is 0 Å². The van der Waals surface area contributed by atoms with Crippen molar-refractivity contribution in [1.29, 1.82) is 0 Å². The number of nitrogens with two attached hydrogens (primary N) is 1. The number of rotatable bonds is 4. The van der Waals surface area contributed by atoms with E-state index in [0.717, 1.165) is 17.5 Å². The smallest absolute Gasteiger partial charge is 0.277 e. The number of nitro groups is 1. The molecule has 0 spiro atoms. The van der Waals surface area contributed by atoms with E-state index < -0.39 is 0 Å². The quantitative estimate of drug-likeness (QED) is 0.484. The summed E-state index contributed by atoms with van der Waals surface area (Å²) in [5, 5.41) is 11.1. The van der Waals surface area contributed by atoms with Crippen molar-refractivity contribution in [3.05, 3.63) is 32.9 Å². The second kappa shape index (κ2) is 4.96. The third kappa shape index (κ3) is 2.01. The van der Waals surface area contributed by atoms with Crippen molar-refractivity contribution in [2.45, 2.75) is 40.0 Å². The summed E-state index contributed by atoms with van der Waals surface area (Å²) in [6.45, 7) is 5.84. The van der Waals surface area contributed by atoms with Crippen LogP contribution in [0.3, 0.4) is 0 Å². The first kappa shape index (κ1) is 12.5. The van der Waals surface area contributed by atoms with E-state index in [-0.39, 0.29) is 10.6 Å². The van der Waals surface area contributed by atoms with Gasteiger partial charge < -0.3 is 5.73 Å². The van der Waals surface area contributed by atoms with Gasteiger partial charge in [0.2, 0.25) is 0 Å². The van der Waals surface area contributed by atoms with Crippen molar-refractivity contribution >= 4 is 11.4 Å². The molecule has 0 radical (unpaired) electrons. The minimum absolute atomic E-state index is 0.208. The van der Waals surface area contributed by atoms with Crippen LogP contribution in [0.1, 0.15) is 37.5 Å². The van der Waals surface area contributed by atoms with Crippen LogP contribution in [0.15, 0.2) is 6.07 Å². The van der Waals surface area contributed by atoms with E-state index in [1.165, 1.54) is 0 Å². The summed E-state index contributed by atoms with van der Waals surface area (Å²) in [5.74, 6) is 0. The number of nitrogen functional groups attached to an aromatic ring is 1. The molecule has 0 unspecified atom stereocenters. The fourth-order valence-corrected chi connectivity index (χ4v) is 2.02. The van der Waals surface area contributed by atoms with E-state index in [2.05, 4.69) is 0 Å². The number of aryl methyl sites for hydroxylation is 2. The SMILES string of the molecule is CCc1cc(CC)c([N+](=O)[O-])c(CC)c1N.